The molecule has 6 N–H and O–H groups in total. The van der Waals surface area contributed by atoms with Crippen LogP contribution in [-0.2, 0) is 0 Å². The fraction of sp³-hybridized carbons (Fsp3) is 0.833. The molecule has 106 valence electrons. The predicted octanol–water partition coefficient (Wildman–Crippen LogP) is -2.16. The minimum Gasteiger partial charge on any atom is -0.396 e. The van der Waals surface area contributed by atoms with Crippen molar-refractivity contribution >= 4 is 0 Å². The van der Waals surface area contributed by atoms with Crippen LogP contribution in [-0.4, -0.2) is 69.3 Å². The summed E-state index contributed by atoms with van der Waals surface area (Å²) in [6.45, 7) is -1.60. The second-order valence-corrected chi connectivity index (χ2v) is 4.26. The first kappa shape index (κ1) is 17.3. The third kappa shape index (κ3) is 5.78. The van der Waals surface area contributed by atoms with Crippen LogP contribution in [0.4, 0.5) is 0 Å². The van der Waals surface area contributed by atoms with Gasteiger partial charge in [-0.15, -0.1) is 0 Å². The van der Waals surface area contributed by atoms with Gasteiger partial charge in [0.1, 0.15) is 11.5 Å². The molecule has 0 heterocycles. The Morgan fingerprint density at radius 2 is 1.44 bits per heavy atom. The van der Waals surface area contributed by atoms with E-state index in [-0.39, 0.29) is 6.61 Å². The fourth-order valence-corrected chi connectivity index (χ4v) is 1.21. The van der Waals surface area contributed by atoms with E-state index in [9.17, 15) is 10.2 Å². The Labute approximate surface area is 107 Å². The summed E-state index contributed by atoms with van der Waals surface area (Å²) >= 11 is 0. The molecule has 0 aromatic rings. The van der Waals surface area contributed by atoms with Crippen LogP contribution in [0.5, 0.6) is 0 Å². The average Bonchev–Trinajstić information content (AvgIpc) is 2.40. The maximum Gasteiger partial charge on any atom is 0.140 e. The summed E-state index contributed by atoms with van der Waals surface area (Å²) in [5.41, 5.74) is -1.37. The molecule has 2 atom stereocenters. The summed E-state index contributed by atoms with van der Waals surface area (Å²) < 4.78 is 0. The van der Waals surface area contributed by atoms with Gasteiger partial charge in [-0.2, -0.15) is 0 Å². The Morgan fingerprint density at radius 3 is 1.89 bits per heavy atom. The lowest BCUT2D eigenvalue weighted by Gasteiger charge is -2.20. The molecule has 18 heavy (non-hydrogen) atoms. The normalized spacial score (nSPS) is 14.8. The highest BCUT2D eigenvalue weighted by Crippen LogP contribution is 2.13. The largest absolute Gasteiger partial charge is 0.396 e. The summed E-state index contributed by atoms with van der Waals surface area (Å²) in [7, 11) is 0. The first-order valence-corrected chi connectivity index (χ1v) is 5.87. The van der Waals surface area contributed by atoms with E-state index >= 15 is 0 Å². The summed E-state index contributed by atoms with van der Waals surface area (Å²) in [6, 6.07) is 0. The number of unbranched alkanes of at least 4 members (excludes halogenated alkanes) is 1. The topological polar surface area (TPSA) is 121 Å². The molecule has 0 aliphatic heterocycles. The molecule has 0 saturated carbocycles. The van der Waals surface area contributed by atoms with Crippen LogP contribution in [0.15, 0.2) is 0 Å². The molecule has 0 aliphatic carbocycles. The third-order valence-corrected chi connectivity index (χ3v) is 2.67. The molecule has 0 aliphatic rings. The molecule has 2 unspecified atom stereocenters. The van der Waals surface area contributed by atoms with E-state index < -0.39 is 37.4 Å². The van der Waals surface area contributed by atoms with Gasteiger partial charge in [0.25, 0.3) is 0 Å². The SMILES string of the molecule is OCCCCC(O)C(O)C#CC(CO)(CO)CO. The van der Waals surface area contributed by atoms with Gasteiger partial charge < -0.3 is 30.6 Å². The monoisotopic (exact) mass is 262 g/mol. The lowest BCUT2D eigenvalue weighted by Crippen LogP contribution is -2.33. The zero-order valence-electron chi connectivity index (χ0n) is 10.3. The molecule has 6 nitrogen and oxygen atoms in total. The van der Waals surface area contributed by atoms with Crippen molar-refractivity contribution < 1.29 is 30.6 Å². The van der Waals surface area contributed by atoms with Crippen LogP contribution >= 0.6 is 0 Å². The van der Waals surface area contributed by atoms with Crippen molar-refractivity contribution in [3.8, 4) is 11.8 Å². The van der Waals surface area contributed by atoms with Gasteiger partial charge in [-0.3, -0.25) is 0 Å². The minimum absolute atomic E-state index is 0.0249. The van der Waals surface area contributed by atoms with E-state index in [0.717, 1.165) is 0 Å². The van der Waals surface area contributed by atoms with E-state index in [1.54, 1.807) is 0 Å². The molecule has 0 amide bonds. The fourth-order valence-electron chi connectivity index (χ4n) is 1.21. The van der Waals surface area contributed by atoms with Gasteiger partial charge in [-0.1, -0.05) is 11.8 Å². The van der Waals surface area contributed by atoms with Crippen molar-refractivity contribution in [2.45, 2.75) is 31.5 Å². The first-order valence-electron chi connectivity index (χ1n) is 5.87. The molecular weight excluding hydrogens is 240 g/mol. The van der Waals surface area contributed by atoms with Gasteiger partial charge >= 0.3 is 0 Å². The molecule has 0 spiro atoms. The van der Waals surface area contributed by atoms with Gasteiger partial charge in [0.2, 0.25) is 0 Å². The zero-order chi connectivity index (χ0) is 14.0. The van der Waals surface area contributed by atoms with Crippen LogP contribution in [0, 0.1) is 17.3 Å². The molecule has 0 fully saturated rings. The Morgan fingerprint density at radius 1 is 0.889 bits per heavy atom. The summed E-state index contributed by atoms with van der Waals surface area (Å²) in [5.74, 6) is 4.71. The van der Waals surface area contributed by atoms with E-state index in [1.165, 1.54) is 0 Å². The van der Waals surface area contributed by atoms with E-state index in [4.69, 9.17) is 20.4 Å². The van der Waals surface area contributed by atoms with Crippen molar-refractivity contribution in [2.24, 2.45) is 5.41 Å². The van der Waals surface area contributed by atoms with Crippen LogP contribution in [0.3, 0.4) is 0 Å². The molecule has 0 radical (unpaired) electrons. The highest BCUT2D eigenvalue weighted by Gasteiger charge is 2.26. The first-order chi connectivity index (χ1) is 8.55. The molecule has 0 aromatic heterocycles. The maximum absolute atomic E-state index is 9.54. The van der Waals surface area contributed by atoms with Gasteiger partial charge in [0, 0.05) is 6.61 Å². The van der Waals surface area contributed by atoms with E-state index in [1.807, 2.05) is 0 Å². The van der Waals surface area contributed by atoms with Gasteiger partial charge in [-0.25, -0.2) is 0 Å². The number of aliphatic hydroxyl groups is 6. The molecule has 6 heteroatoms. The maximum atomic E-state index is 9.54. The van der Waals surface area contributed by atoms with Crippen LogP contribution < -0.4 is 0 Å². The smallest absolute Gasteiger partial charge is 0.140 e. The van der Waals surface area contributed by atoms with Crippen molar-refractivity contribution in [3.05, 3.63) is 0 Å². The van der Waals surface area contributed by atoms with Gasteiger partial charge in [-0.05, 0) is 19.3 Å². The molecule has 0 saturated heterocycles. The molecule has 0 bridgehead atoms. The summed E-state index contributed by atoms with van der Waals surface area (Å²) in [5, 5.41) is 54.7. The zero-order valence-corrected chi connectivity index (χ0v) is 10.3. The molecular formula is C12H22O6. The van der Waals surface area contributed by atoms with Crippen LogP contribution in [0.25, 0.3) is 0 Å². The summed E-state index contributed by atoms with van der Waals surface area (Å²) in [6.07, 6.45) is -0.988. The minimum atomic E-state index is -1.37. The quantitative estimate of drug-likeness (QED) is 0.219. The number of rotatable bonds is 8. The molecule has 0 rings (SSSR count). The van der Waals surface area contributed by atoms with Crippen LogP contribution in [0.1, 0.15) is 19.3 Å². The van der Waals surface area contributed by atoms with E-state index in [2.05, 4.69) is 11.8 Å². The number of aliphatic hydroxyl groups excluding tert-OH is 6. The van der Waals surface area contributed by atoms with Gasteiger partial charge in [0.05, 0.1) is 25.9 Å². The highest BCUT2D eigenvalue weighted by atomic mass is 16.3. The Bertz CT molecular complexity index is 257. The highest BCUT2D eigenvalue weighted by molar-refractivity contribution is 5.16. The van der Waals surface area contributed by atoms with Crippen molar-refractivity contribution in [1.82, 2.24) is 0 Å². The number of hydrogen-bond donors (Lipinski definition) is 6. The second-order valence-electron chi connectivity index (χ2n) is 4.26. The number of hydrogen-bond acceptors (Lipinski definition) is 6. The predicted molar refractivity (Wildman–Crippen MR) is 64.4 cm³/mol. The van der Waals surface area contributed by atoms with Crippen molar-refractivity contribution in [1.29, 1.82) is 0 Å². The Hall–Kier alpha value is -0.680. The average molecular weight is 262 g/mol. The van der Waals surface area contributed by atoms with Gasteiger partial charge in [0.15, 0.2) is 0 Å². The van der Waals surface area contributed by atoms with Crippen molar-refractivity contribution in [3.63, 3.8) is 0 Å². The standard InChI is InChI=1S/C12H22O6/c13-6-2-1-3-10(17)11(18)4-5-12(7-14,8-15)9-16/h10-11,13-18H,1-3,6-9H2. The Kier molecular flexibility index (Phi) is 8.93. The summed E-state index contributed by atoms with van der Waals surface area (Å²) in [4.78, 5) is 0. The lowest BCUT2D eigenvalue weighted by atomic mass is 9.91. The molecule has 0 aromatic carbocycles. The van der Waals surface area contributed by atoms with Crippen molar-refractivity contribution in [2.75, 3.05) is 26.4 Å². The van der Waals surface area contributed by atoms with E-state index in [0.29, 0.717) is 19.3 Å². The van der Waals surface area contributed by atoms with Crippen LogP contribution in [0.2, 0.25) is 0 Å². The second kappa shape index (κ2) is 9.28. The third-order valence-electron chi connectivity index (χ3n) is 2.67. The lowest BCUT2D eigenvalue weighted by molar-refractivity contribution is 0.0404. The Balaban J connectivity index is 4.40.